The van der Waals surface area contributed by atoms with Crippen molar-refractivity contribution < 1.29 is 9.59 Å². The molecule has 0 unspecified atom stereocenters. The van der Waals surface area contributed by atoms with Crippen molar-refractivity contribution in [2.75, 3.05) is 10.2 Å². The van der Waals surface area contributed by atoms with Crippen LogP contribution in [0.4, 0.5) is 11.5 Å². The van der Waals surface area contributed by atoms with Gasteiger partial charge in [-0.2, -0.15) is 0 Å². The number of aryl methyl sites for hydroxylation is 1. The van der Waals surface area contributed by atoms with Crippen molar-refractivity contribution in [3.05, 3.63) is 99.8 Å². The average molecular weight is 483 g/mol. The fraction of sp³-hybridized carbons (Fsp3) is 0.241. The number of aromatic nitrogens is 2. The van der Waals surface area contributed by atoms with Crippen LogP contribution in [0.25, 0.3) is 11.0 Å². The predicted octanol–water partition coefficient (Wildman–Crippen LogP) is 5.02. The standard InChI is InChI=1S/C29H30N4O3/c1-19(2)23-9-5-6-10-24(23)30-27(35)18-33-26-12-8-7-11-25(26)31-28(29(33)36)32(21(4)34)17-22-15-13-20(3)14-16-22/h5-16,19H,17-18H2,1-4H3,(H,30,35). The number of hydrogen-bond donors (Lipinski definition) is 1. The zero-order chi connectivity index (χ0) is 25.8. The Kier molecular flexibility index (Phi) is 7.29. The first-order valence-electron chi connectivity index (χ1n) is 12.0. The highest BCUT2D eigenvalue weighted by Crippen LogP contribution is 2.24. The van der Waals surface area contributed by atoms with Crippen LogP contribution in [0.2, 0.25) is 0 Å². The van der Waals surface area contributed by atoms with Crippen LogP contribution in [-0.2, 0) is 22.7 Å². The Morgan fingerprint density at radius 1 is 0.972 bits per heavy atom. The van der Waals surface area contributed by atoms with Gasteiger partial charge in [-0.05, 0) is 42.2 Å². The van der Waals surface area contributed by atoms with Crippen molar-refractivity contribution in [2.24, 2.45) is 0 Å². The van der Waals surface area contributed by atoms with E-state index < -0.39 is 5.56 Å². The SMILES string of the molecule is CC(=O)N(Cc1ccc(C)cc1)c1nc2ccccc2n(CC(=O)Nc2ccccc2C(C)C)c1=O. The molecule has 4 rings (SSSR count). The third kappa shape index (κ3) is 5.35. The van der Waals surface area contributed by atoms with Gasteiger partial charge in [0.2, 0.25) is 17.6 Å². The first-order chi connectivity index (χ1) is 17.2. The molecule has 0 radical (unpaired) electrons. The Labute approximate surface area is 210 Å². The lowest BCUT2D eigenvalue weighted by atomic mass is 10.0. The number of fused-ring (bicyclic) bond motifs is 1. The van der Waals surface area contributed by atoms with Crippen LogP contribution in [-0.4, -0.2) is 21.4 Å². The van der Waals surface area contributed by atoms with Crippen LogP contribution in [0.1, 0.15) is 43.4 Å². The van der Waals surface area contributed by atoms with Crippen molar-refractivity contribution >= 4 is 34.4 Å². The van der Waals surface area contributed by atoms with Crippen molar-refractivity contribution in [2.45, 2.75) is 46.7 Å². The summed E-state index contributed by atoms with van der Waals surface area (Å²) < 4.78 is 1.38. The van der Waals surface area contributed by atoms with E-state index >= 15 is 0 Å². The molecule has 36 heavy (non-hydrogen) atoms. The zero-order valence-electron chi connectivity index (χ0n) is 21.0. The maximum absolute atomic E-state index is 13.7. The maximum Gasteiger partial charge on any atom is 0.294 e. The fourth-order valence-corrected chi connectivity index (χ4v) is 4.17. The molecule has 0 saturated heterocycles. The average Bonchev–Trinajstić information content (AvgIpc) is 2.85. The van der Waals surface area contributed by atoms with Gasteiger partial charge in [0.1, 0.15) is 6.54 Å². The number of nitrogens with one attached hydrogen (secondary N) is 1. The minimum atomic E-state index is -0.497. The van der Waals surface area contributed by atoms with Crippen molar-refractivity contribution in [3.8, 4) is 0 Å². The molecule has 2 amide bonds. The Hall–Kier alpha value is -4.26. The smallest absolute Gasteiger partial charge is 0.294 e. The molecule has 3 aromatic carbocycles. The van der Waals surface area contributed by atoms with E-state index in [1.807, 2.05) is 61.5 Å². The molecule has 0 aliphatic carbocycles. The van der Waals surface area contributed by atoms with Crippen LogP contribution in [0.3, 0.4) is 0 Å². The van der Waals surface area contributed by atoms with Gasteiger partial charge in [-0.15, -0.1) is 0 Å². The molecule has 0 saturated carbocycles. The molecule has 0 atom stereocenters. The molecular formula is C29H30N4O3. The summed E-state index contributed by atoms with van der Waals surface area (Å²) in [5, 5.41) is 2.95. The van der Waals surface area contributed by atoms with E-state index in [9.17, 15) is 14.4 Å². The number of nitrogens with zero attached hydrogens (tertiary/aromatic N) is 3. The van der Waals surface area contributed by atoms with Gasteiger partial charge in [0, 0.05) is 12.6 Å². The van der Waals surface area contributed by atoms with E-state index in [1.165, 1.54) is 16.4 Å². The van der Waals surface area contributed by atoms with Gasteiger partial charge < -0.3 is 5.32 Å². The lowest BCUT2D eigenvalue weighted by Crippen LogP contribution is -2.38. The van der Waals surface area contributed by atoms with Crippen LogP contribution in [0.5, 0.6) is 0 Å². The van der Waals surface area contributed by atoms with Gasteiger partial charge in [0.05, 0.1) is 17.6 Å². The number of carbonyl (C=O) groups is 2. The number of hydrogen-bond acceptors (Lipinski definition) is 4. The van der Waals surface area contributed by atoms with Crippen LogP contribution >= 0.6 is 0 Å². The normalized spacial score (nSPS) is 11.0. The molecule has 0 spiro atoms. The van der Waals surface area contributed by atoms with Crippen LogP contribution in [0, 0.1) is 6.92 Å². The Morgan fingerprint density at radius 3 is 2.33 bits per heavy atom. The van der Waals surface area contributed by atoms with Crippen molar-refractivity contribution in [3.63, 3.8) is 0 Å². The second kappa shape index (κ2) is 10.6. The van der Waals surface area contributed by atoms with Crippen LogP contribution in [0.15, 0.2) is 77.6 Å². The number of para-hydroxylation sites is 3. The molecule has 184 valence electrons. The maximum atomic E-state index is 13.7. The molecule has 7 heteroatoms. The Balaban J connectivity index is 1.73. The number of amides is 2. The summed E-state index contributed by atoms with van der Waals surface area (Å²) in [4.78, 5) is 45.3. The zero-order valence-corrected chi connectivity index (χ0v) is 21.0. The summed E-state index contributed by atoms with van der Waals surface area (Å²) in [7, 11) is 0. The molecule has 1 aromatic heterocycles. The Bertz CT molecular complexity index is 1470. The molecular weight excluding hydrogens is 452 g/mol. The van der Waals surface area contributed by atoms with Gasteiger partial charge in [0.15, 0.2) is 0 Å². The summed E-state index contributed by atoms with van der Waals surface area (Å²) in [6.45, 7) is 7.50. The quantitative estimate of drug-likeness (QED) is 0.401. The molecule has 0 fully saturated rings. The van der Waals surface area contributed by atoms with Crippen LogP contribution < -0.4 is 15.8 Å². The molecule has 0 aliphatic rings. The van der Waals surface area contributed by atoms with Crippen molar-refractivity contribution in [1.29, 1.82) is 0 Å². The molecule has 4 aromatic rings. The van der Waals surface area contributed by atoms with E-state index in [1.54, 1.807) is 18.2 Å². The minimum absolute atomic E-state index is 0.00263. The first-order valence-corrected chi connectivity index (χ1v) is 12.0. The molecule has 7 nitrogen and oxygen atoms in total. The molecule has 0 bridgehead atoms. The highest BCUT2D eigenvalue weighted by molar-refractivity contribution is 5.94. The summed E-state index contributed by atoms with van der Waals surface area (Å²) in [6, 6.07) is 22.5. The van der Waals surface area contributed by atoms with E-state index in [0.717, 1.165) is 16.7 Å². The third-order valence-electron chi connectivity index (χ3n) is 6.09. The largest absolute Gasteiger partial charge is 0.324 e. The second-order valence-corrected chi connectivity index (χ2v) is 9.20. The lowest BCUT2D eigenvalue weighted by Gasteiger charge is -2.22. The van der Waals surface area contributed by atoms with Gasteiger partial charge in [0.25, 0.3) is 5.56 Å². The summed E-state index contributed by atoms with van der Waals surface area (Å²) in [6.07, 6.45) is 0. The van der Waals surface area contributed by atoms with E-state index in [-0.39, 0.29) is 36.6 Å². The Morgan fingerprint density at radius 2 is 1.64 bits per heavy atom. The van der Waals surface area contributed by atoms with E-state index in [0.29, 0.717) is 16.7 Å². The number of anilines is 2. The highest BCUT2D eigenvalue weighted by Gasteiger charge is 2.22. The topological polar surface area (TPSA) is 84.3 Å². The molecule has 1 N–H and O–H groups in total. The number of benzene rings is 3. The van der Waals surface area contributed by atoms with Gasteiger partial charge in [-0.1, -0.05) is 74.0 Å². The van der Waals surface area contributed by atoms with Gasteiger partial charge in [-0.3, -0.25) is 23.9 Å². The minimum Gasteiger partial charge on any atom is -0.324 e. The third-order valence-corrected chi connectivity index (χ3v) is 6.09. The van der Waals surface area contributed by atoms with Crippen molar-refractivity contribution in [1.82, 2.24) is 9.55 Å². The monoisotopic (exact) mass is 482 g/mol. The molecule has 0 aliphatic heterocycles. The molecule has 1 heterocycles. The lowest BCUT2D eigenvalue weighted by molar-refractivity contribution is -0.117. The fourth-order valence-electron chi connectivity index (χ4n) is 4.17. The number of carbonyl (C=O) groups excluding carboxylic acids is 2. The van der Waals surface area contributed by atoms with Gasteiger partial charge >= 0.3 is 0 Å². The highest BCUT2D eigenvalue weighted by atomic mass is 16.2. The predicted molar refractivity (Wildman–Crippen MR) is 143 cm³/mol. The number of rotatable bonds is 7. The van der Waals surface area contributed by atoms with Gasteiger partial charge in [-0.25, -0.2) is 4.98 Å². The first kappa shape index (κ1) is 24.9. The summed E-state index contributed by atoms with van der Waals surface area (Å²) >= 11 is 0. The second-order valence-electron chi connectivity index (χ2n) is 9.20. The summed E-state index contributed by atoms with van der Waals surface area (Å²) in [5.74, 6) is -0.418. The summed E-state index contributed by atoms with van der Waals surface area (Å²) in [5.41, 5.74) is 4.26. The van der Waals surface area contributed by atoms with E-state index in [4.69, 9.17) is 0 Å². The van der Waals surface area contributed by atoms with E-state index in [2.05, 4.69) is 24.1 Å².